The Balaban J connectivity index is 1.61. The lowest BCUT2D eigenvalue weighted by atomic mass is 9.99. The molecule has 0 unspecified atom stereocenters. The molecule has 1 aromatic rings. The minimum atomic E-state index is 0.233. The Hall–Kier alpha value is -1.67. The van der Waals surface area contributed by atoms with Crippen LogP contribution in [0.3, 0.4) is 0 Å². The highest BCUT2D eigenvalue weighted by Crippen LogP contribution is 2.25. The summed E-state index contributed by atoms with van der Waals surface area (Å²) in [6.45, 7) is 5.84. The minimum absolute atomic E-state index is 0.233. The molecule has 3 rings (SSSR count). The van der Waals surface area contributed by atoms with E-state index >= 15 is 0 Å². The molecule has 0 saturated carbocycles. The van der Waals surface area contributed by atoms with Crippen LogP contribution >= 0.6 is 12.2 Å². The Labute approximate surface area is 154 Å². The van der Waals surface area contributed by atoms with E-state index in [2.05, 4.69) is 32.4 Å². The Morgan fingerprint density at radius 1 is 1.36 bits per heavy atom. The van der Waals surface area contributed by atoms with Crippen molar-refractivity contribution >= 4 is 29.1 Å². The lowest BCUT2D eigenvalue weighted by molar-refractivity contribution is 0.114. The first-order valence-electron chi connectivity index (χ1n) is 8.98. The Bertz CT molecular complexity index is 586. The third kappa shape index (κ3) is 5.15. The van der Waals surface area contributed by atoms with Gasteiger partial charge in [-0.05, 0) is 43.8 Å². The molecule has 2 aliphatic rings. The maximum Gasteiger partial charge on any atom is 0.234 e. The summed E-state index contributed by atoms with van der Waals surface area (Å²) in [7, 11) is 1.61. The van der Waals surface area contributed by atoms with Gasteiger partial charge in [0.15, 0.2) is 5.11 Å². The van der Waals surface area contributed by atoms with Gasteiger partial charge in [-0.3, -0.25) is 0 Å². The smallest absolute Gasteiger partial charge is 0.234 e. The fraction of sp³-hybridized carbons (Fsp3) is 0.706. The van der Waals surface area contributed by atoms with Crippen molar-refractivity contribution in [1.29, 1.82) is 0 Å². The molecule has 138 valence electrons. The van der Waals surface area contributed by atoms with Crippen molar-refractivity contribution in [2.75, 3.05) is 43.6 Å². The number of piperidine rings is 1. The predicted molar refractivity (Wildman–Crippen MR) is 102 cm³/mol. The van der Waals surface area contributed by atoms with E-state index < -0.39 is 0 Å². The summed E-state index contributed by atoms with van der Waals surface area (Å²) in [5.41, 5.74) is 0. The van der Waals surface area contributed by atoms with Crippen LogP contribution in [0.25, 0.3) is 0 Å². The van der Waals surface area contributed by atoms with Gasteiger partial charge in [-0.1, -0.05) is 6.92 Å². The molecule has 2 N–H and O–H groups in total. The normalized spacial score (nSPS) is 21.2. The van der Waals surface area contributed by atoms with E-state index in [-0.39, 0.29) is 6.10 Å². The highest BCUT2D eigenvalue weighted by molar-refractivity contribution is 7.80. The van der Waals surface area contributed by atoms with E-state index in [1.807, 2.05) is 6.07 Å². The van der Waals surface area contributed by atoms with Gasteiger partial charge in [0.1, 0.15) is 5.82 Å². The van der Waals surface area contributed by atoms with Gasteiger partial charge >= 0.3 is 0 Å². The number of rotatable bonds is 5. The highest BCUT2D eigenvalue weighted by atomic mass is 32.1. The molecule has 0 amide bonds. The molecule has 0 bridgehead atoms. The predicted octanol–water partition coefficient (Wildman–Crippen LogP) is 2.19. The molecular weight excluding hydrogens is 338 g/mol. The average molecular weight is 366 g/mol. The second-order valence-electron chi connectivity index (χ2n) is 6.73. The van der Waals surface area contributed by atoms with E-state index in [1.54, 1.807) is 7.11 Å². The summed E-state index contributed by atoms with van der Waals surface area (Å²) in [5, 5.41) is 6.74. The molecule has 3 heterocycles. The van der Waals surface area contributed by atoms with Crippen molar-refractivity contribution in [1.82, 2.24) is 15.3 Å². The van der Waals surface area contributed by atoms with Gasteiger partial charge in [0.2, 0.25) is 11.8 Å². The fourth-order valence-corrected chi connectivity index (χ4v) is 3.31. The Morgan fingerprint density at radius 2 is 2.16 bits per heavy atom. The fourth-order valence-electron chi connectivity index (χ4n) is 3.13. The number of thiocarbonyl (C=S) groups is 1. The van der Waals surface area contributed by atoms with Gasteiger partial charge in [0, 0.05) is 32.3 Å². The van der Waals surface area contributed by atoms with Crippen molar-refractivity contribution in [2.24, 2.45) is 5.92 Å². The van der Waals surface area contributed by atoms with Crippen LogP contribution in [0.5, 0.6) is 5.88 Å². The lowest BCUT2D eigenvalue weighted by Crippen LogP contribution is -2.36. The number of hydrogen-bond acceptors (Lipinski definition) is 6. The summed E-state index contributed by atoms with van der Waals surface area (Å²) in [5.74, 6) is 2.64. The van der Waals surface area contributed by atoms with Crippen molar-refractivity contribution < 1.29 is 9.47 Å². The van der Waals surface area contributed by atoms with Crippen LogP contribution in [0.2, 0.25) is 0 Å². The molecule has 2 fully saturated rings. The van der Waals surface area contributed by atoms with Gasteiger partial charge in [0.05, 0.1) is 13.2 Å². The van der Waals surface area contributed by atoms with Gasteiger partial charge < -0.3 is 25.0 Å². The molecule has 0 radical (unpaired) electrons. The number of ether oxygens (including phenoxy) is 2. The zero-order valence-corrected chi connectivity index (χ0v) is 15.8. The third-order valence-corrected chi connectivity index (χ3v) is 4.99. The van der Waals surface area contributed by atoms with Crippen LogP contribution in [0.1, 0.15) is 32.6 Å². The van der Waals surface area contributed by atoms with Gasteiger partial charge in [-0.2, -0.15) is 9.97 Å². The molecule has 1 atom stereocenters. The summed E-state index contributed by atoms with van der Waals surface area (Å²) < 4.78 is 10.9. The number of methoxy groups -OCH3 is 1. The van der Waals surface area contributed by atoms with Gasteiger partial charge in [-0.15, -0.1) is 0 Å². The van der Waals surface area contributed by atoms with Crippen molar-refractivity contribution in [3.05, 3.63) is 6.07 Å². The van der Waals surface area contributed by atoms with Crippen LogP contribution in [-0.4, -0.2) is 54.5 Å². The minimum Gasteiger partial charge on any atom is -0.481 e. The largest absolute Gasteiger partial charge is 0.481 e. The second-order valence-corrected chi connectivity index (χ2v) is 7.14. The lowest BCUT2D eigenvalue weighted by Gasteiger charge is -2.31. The number of nitrogens with one attached hydrogen (secondary N) is 2. The molecule has 0 aromatic carbocycles. The van der Waals surface area contributed by atoms with E-state index in [9.17, 15) is 0 Å². The van der Waals surface area contributed by atoms with Crippen molar-refractivity contribution in [3.63, 3.8) is 0 Å². The Morgan fingerprint density at radius 3 is 2.84 bits per heavy atom. The first-order chi connectivity index (χ1) is 12.1. The standard InChI is InChI=1S/C17H27N5O2S/c1-12-5-7-22(8-6-12)14-10-15(23-2)20-16(19-14)21-17(25)18-11-13-4-3-9-24-13/h10,12-13H,3-9,11H2,1-2H3,(H2,18,19,20,21,25)/t13-/m1/s1. The third-order valence-electron chi connectivity index (χ3n) is 4.75. The molecule has 25 heavy (non-hydrogen) atoms. The van der Waals surface area contributed by atoms with Gasteiger partial charge in [-0.25, -0.2) is 0 Å². The van der Waals surface area contributed by atoms with Crippen molar-refractivity contribution in [2.45, 2.75) is 38.7 Å². The van der Waals surface area contributed by atoms with Crippen LogP contribution in [0.15, 0.2) is 6.07 Å². The SMILES string of the molecule is COc1cc(N2CCC(C)CC2)nc(NC(=S)NC[C@H]2CCCO2)n1. The number of anilines is 2. The quantitative estimate of drug-likeness (QED) is 0.770. The summed E-state index contributed by atoms with van der Waals surface area (Å²) in [6, 6.07) is 1.88. The average Bonchev–Trinajstić information content (AvgIpc) is 3.14. The molecule has 2 aliphatic heterocycles. The highest BCUT2D eigenvalue weighted by Gasteiger charge is 2.19. The maximum atomic E-state index is 5.59. The zero-order valence-electron chi connectivity index (χ0n) is 15.0. The summed E-state index contributed by atoms with van der Waals surface area (Å²) in [4.78, 5) is 11.2. The second kappa shape index (κ2) is 8.62. The number of aromatic nitrogens is 2. The topological polar surface area (TPSA) is 71.5 Å². The molecule has 0 spiro atoms. The van der Waals surface area contributed by atoms with E-state index in [1.165, 1.54) is 12.8 Å². The van der Waals surface area contributed by atoms with E-state index in [0.717, 1.165) is 44.3 Å². The first kappa shape index (κ1) is 18.1. The molecule has 1 aromatic heterocycles. The van der Waals surface area contributed by atoms with Crippen LogP contribution in [-0.2, 0) is 4.74 Å². The van der Waals surface area contributed by atoms with Crippen LogP contribution < -0.4 is 20.3 Å². The van der Waals surface area contributed by atoms with Crippen molar-refractivity contribution in [3.8, 4) is 5.88 Å². The molecular formula is C17H27N5O2S. The monoisotopic (exact) mass is 365 g/mol. The van der Waals surface area contributed by atoms with E-state index in [0.29, 0.717) is 23.5 Å². The molecule has 0 aliphatic carbocycles. The molecule has 7 nitrogen and oxygen atoms in total. The maximum absolute atomic E-state index is 5.59. The summed E-state index contributed by atoms with van der Waals surface area (Å²) in [6.07, 6.45) is 4.77. The number of hydrogen-bond donors (Lipinski definition) is 2. The van der Waals surface area contributed by atoms with Crippen LogP contribution in [0.4, 0.5) is 11.8 Å². The molecule has 2 saturated heterocycles. The first-order valence-corrected chi connectivity index (χ1v) is 9.39. The summed E-state index contributed by atoms with van der Waals surface area (Å²) >= 11 is 5.35. The Kier molecular flexibility index (Phi) is 6.25. The molecule has 8 heteroatoms. The zero-order chi connectivity index (χ0) is 17.6. The van der Waals surface area contributed by atoms with E-state index in [4.69, 9.17) is 21.7 Å². The number of nitrogens with zero attached hydrogens (tertiary/aromatic N) is 3. The van der Waals surface area contributed by atoms with Gasteiger partial charge in [0.25, 0.3) is 0 Å². The van der Waals surface area contributed by atoms with Crippen LogP contribution in [0, 0.1) is 5.92 Å².